The molecule has 7 nitrogen and oxygen atoms in total. The molecular weight excluding hydrogens is 430 g/mol. The first kappa shape index (κ1) is 22.1. The van der Waals surface area contributed by atoms with Gasteiger partial charge in [-0.2, -0.15) is 0 Å². The quantitative estimate of drug-likeness (QED) is 0.394. The molecule has 3 heterocycles. The number of benzene rings is 3. The molecule has 34 heavy (non-hydrogen) atoms. The van der Waals surface area contributed by atoms with Crippen LogP contribution in [0.3, 0.4) is 0 Å². The normalized spacial score (nSPS) is 23.4. The number of carbonyl (C=O) groups excluding carboxylic acids is 1. The number of ether oxygens (including phenoxy) is 1. The fourth-order valence-electron chi connectivity index (χ4n) is 5.47. The van der Waals surface area contributed by atoms with Crippen LogP contribution in [-0.2, 0) is 4.74 Å². The lowest BCUT2D eigenvalue weighted by Gasteiger charge is -2.52. The molecule has 3 aromatic rings. The highest BCUT2D eigenvalue weighted by Gasteiger charge is 2.48. The summed E-state index contributed by atoms with van der Waals surface area (Å²) in [6.45, 7) is 1.97. The number of hydrogen-bond donors (Lipinski definition) is 1. The average molecular weight is 458 g/mol. The maximum absolute atomic E-state index is 13.0. The third-order valence-corrected chi connectivity index (χ3v) is 7.00. The van der Waals surface area contributed by atoms with E-state index in [0.29, 0.717) is 5.69 Å². The number of nitrogens with one attached hydrogen (secondary N) is 1. The molecule has 1 unspecified atom stereocenters. The molecule has 0 radical (unpaired) electrons. The molecule has 3 saturated heterocycles. The Hall–Kier alpha value is -3.71. The van der Waals surface area contributed by atoms with Crippen LogP contribution in [-0.4, -0.2) is 41.2 Å². The number of fused-ring (bicyclic) bond motifs is 3. The van der Waals surface area contributed by atoms with Gasteiger partial charge < -0.3 is 4.74 Å². The van der Waals surface area contributed by atoms with Gasteiger partial charge in [-0.25, -0.2) is 4.79 Å². The molecule has 1 amide bonds. The lowest BCUT2D eigenvalue weighted by Crippen LogP contribution is -2.61. The molecule has 3 aromatic carbocycles. The summed E-state index contributed by atoms with van der Waals surface area (Å²) in [6.07, 6.45) is 1.11. The maximum atomic E-state index is 13.0. The van der Waals surface area contributed by atoms with Crippen LogP contribution in [0.4, 0.5) is 16.2 Å². The number of non-ortho nitro benzene ring substituents is 1. The van der Waals surface area contributed by atoms with Gasteiger partial charge in [-0.15, -0.1) is 0 Å². The van der Waals surface area contributed by atoms with Gasteiger partial charge in [-0.1, -0.05) is 66.7 Å². The first-order valence-electron chi connectivity index (χ1n) is 11.7. The van der Waals surface area contributed by atoms with Gasteiger partial charge in [0.25, 0.3) is 5.69 Å². The SMILES string of the molecule is O=C(Nc1cccc([N+](=O)[O-])c1)O[C@@H]1C2CCN(CC2)C1C(c1ccccc1)c1ccccc1. The number of rotatable bonds is 6. The van der Waals surface area contributed by atoms with Gasteiger partial charge in [-0.3, -0.25) is 20.3 Å². The van der Waals surface area contributed by atoms with E-state index in [1.165, 1.54) is 23.3 Å². The van der Waals surface area contributed by atoms with Crippen LogP contribution in [0.2, 0.25) is 0 Å². The Morgan fingerprint density at radius 3 is 2.15 bits per heavy atom. The minimum absolute atomic E-state index is 0.00756. The predicted molar refractivity (Wildman–Crippen MR) is 130 cm³/mol. The largest absolute Gasteiger partial charge is 0.444 e. The Labute approximate surface area is 198 Å². The maximum Gasteiger partial charge on any atom is 0.411 e. The smallest absolute Gasteiger partial charge is 0.411 e. The van der Waals surface area contributed by atoms with E-state index in [1.54, 1.807) is 12.1 Å². The highest BCUT2D eigenvalue weighted by Crippen LogP contribution is 2.43. The Balaban J connectivity index is 1.44. The van der Waals surface area contributed by atoms with Crippen LogP contribution < -0.4 is 5.32 Å². The lowest BCUT2D eigenvalue weighted by molar-refractivity contribution is -0.384. The summed E-state index contributed by atoms with van der Waals surface area (Å²) in [5.74, 6) is 0.335. The van der Waals surface area contributed by atoms with Gasteiger partial charge in [-0.05, 0) is 43.1 Å². The number of piperidine rings is 3. The van der Waals surface area contributed by atoms with E-state index in [1.807, 2.05) is 36.4 Å². The molecule has 6 rings (SSSR count). The van der Waals surface area contributed by atoms with E-state index in [0.717, 1.165) is 25.9 Å². The average Bonchev–Trinajstić information content (AvgIpc) is 2.87. The Kier molecular flexibility index (Phi) is 6.27. The molecule has 0 spiro atoms. The number of nitro groups is 1. The van der Waals surface area contributed by atoms with Gasteiger partial charge in [0.05, 0.1) is 16.7 Å². The first-order chi connectivity index (χ1) is 16.6. The molecule has 3 fully saturated rings. The van der Waals surface area contributed by atoms with E-state index in [2.05, 4.69) is 34.5 Å². The van der Waals surface area contributed by atoms with E-state index in [9.17, 15) is 14.9 Å². The van der Waals surface area contributed by atoms with E-state index >= 15 is 0 Å². The van der Waals surface area contributed by atoms with Crippen molar-refractivity contribution in [2.45, 2.75) is 30.9 Å². The molecular formula is C27H27N3O4. The van der Waals surface area contributed by atoms with Gasteiger partial charge in [0.15, 0.2) is 0 Å². The summed E-state index contributed by atoms with van der Waals surface area (Å²) >= 11 is 0. The standard InChI is InChI=1S/C27H27N3O4/c31-27(28-22-12-7-13-23(18-22)30(32)33)34-26-21-14-16-29(17-15-21)25(26)24(19-8-3-1-4-9-19)20-10-5-2-6-11-20/h1-13,18,21,24-26H,14-17H2,(H,28,31)/t25?,26-/m1/s1. The van der Waals surface area contributed by atoms with Gasteiger partial charge in [0.2, 0.25) is 0 Å². The molecule has 0 aliphatic carbocycles. The molecule has 1 N–H and O–H groups in total. The summed E-state index contributed by atoms with van der Waals surface area (Å²) in [5, 5.41) is 13.8. The van der Waals surface area contributed by atoms with E-state index in [-0.39, 0.29) is 29.7 Å². The van der Waals surface area contributed by atoms with Crippen LogP contribution in [0.1, 0.15) is 29.9 Å². The second-order valence-electron chi connectivity index (χ2n) is 8.97. The van der Waals surface area contributed by atoms with Crippen molar-refractivity contribution in [2.24, 2.45) is 5.92 Å². The van der Waals surface area contributed by atoms with Crippen molar-refractivity contribution in [2.75, 3.05) is 18.4 Å². The second kappa shape index (κ2) is 9.65. The predicted octanol–water partition coefficient (Wildman–Crippen LogP) is 5.44. The van der Waals surface area contributed by atoms with Crippen molar-refractivity contribution >= 4 is 17.5 Å². The van der Waals surface area contributed by atoms with Crippen molar-refractivity contribution in [3.63, 3.8) is 0 Å². The van der Waals surface area contributed by atoms with Crippen molar-refractivity contribution in [3.8, 4) is 0 Å². The number of nitrogens with zero attached hydrogens (tertiary/aromatic N) is 2. The molecule has 2 atom stereocenters. The lowest BCUT2D eigenvalue weighted by atomic mass is 9.72. The zero-order valence-electron chi connectivity index (χ0n) is 18.7. The van der Waals surface area contributed by atoms with Gasteiger partial charge in [0.1, 0.15) is 6.10 Å². The number of hydrogen-bond acceptors (Lipinski definition) is 5. The molecule has 2 bridgehead atoms. The van der Waals surface area contributed by atoms with Gasteiger partial charge in [0, 0.05) is 24.0 Å². The Morgan fingerprint density at radius 1 is 0.941 bits per heavy atom. The number of amides is 1. The summed E-state index contributed by atoms with van der Waals surface area (Å²) in [5.41, 5.74) is 2.66. The number of carbonyl (C=O) groups is 1. The number of anilines is 1. The minimum atomic E-state index is -0.580. The molecule has 0 aromatic heterocycles. The minimum Gasteiger partial charge on any atom is -0.444 e. The molecule has 7 heteroatoms. The van der Waals surface area contributed by atoms with E-state index in [4.69, 9.17) is 4.74 Å². The second-order valence-corrected chi connectivity index (χ2v) is 8.97. The molecule has 3 aliphatic heterocycles. The summed E-state index contributed by atoms with van der Waals surface area (Å²) < 4.78 is 6.10. The fourth-order valence-corrected chi connectivity index (χ4v) is 5.47. The summed E-state index contributed by atoms with van der Waals surface area (Å²) in [7, 11) is 0. The van der Waals surface area contributed by atoms with Crippen LogP contribution in [0.5, 0.6) is 0 Å². The third kappa shape index (κ3) is 4.52. The fraction of sp³-hybridized carbons (Fsp3) is 0.296. The van der Waals surface area contributed by atoms with Crippen molar-refractivity contribution in [1.82, 2.24) is 4.90 Å². The van der Waals surface area contributed by atoms with Crippen molar-refractivity contribution in [1.29, 1.82) is 0 Å². The van der Waals surface area contributed by atoms with Crippen LogP contribution in [0.15, 0.2) is 84.9 Å². The first-order valence-corrected chi connectivity index (χ1v) is 11.7. The molecule has 174 valence electrons. The van der Waals surface area contributed by atoms with Crippen molar-refractivity contribution < 1.29 is 14.5 Å². The van der Waals surface area contributed by atoms with Crippen molar-refractivity contribution in [3.05, 3.63) is 106 Å². The summed E-state index contributed by atoms with van der Waals surface area (Å²) in [4.78, 5) is 26.0. The van der Waals surface area contributed by atoms with Gasteiger partial charge >= 0.3 is 6.09 Å². The zero-order chi connectivity index (χ0) is 23.5. The number of nitro benzene ring substituents is 1. The Bertz CT molecular complexity index is 1110. The Morgan fingerprint density at radius 2 is 1.56 bits per heavy atom. The highest BCUT2D eigenvalue weighted by molar-refractivity contribution is 5.85. The van der Waals surface area contributed by atoms with Crippen LogP contribution in [0.25, 0.3) is 0 Å². The molecule has 3 aliphatic rings. The van der Waals surface area contributed by atoms with Crippen LogP contribution in [0, 0.1) is 16.0 Å². The highest BCUT2D eigenvalue weighted by atomic mass is 16.6. The zero-order valence-corrected chi connectivity index (χ0v) is 18.7. The third-order valence-electron chi connectivity index (χ3n) is 7.00. The summed E-state index contributed by atoms with van der Waals surface area (Å²) in [6, 6.07) is 26.7. The van der Waals surface area contributed by atoms with Crippen LogP contribution >= 0.6 is 0 Å². The monoisotopic (exact) mass is 457 g/mol. The molecule has 0 saturated carbocycles. The topological polar surface area (TPSA) is 84.7 Å². The van der Waals surface area contributed by atoms with E-state index < -0.39 is 11.0 Å².